The fraction of sp³-hybridized carbons (Fsp3) is 0.348. The number of hydrogen-bond acceptors (Lipinski definition) is 6. The number of aromatic amines is 1. The van der Waals surface area contributed by atoms with Crippen LogP contribution in [0.15, 0.2) is 12.4 Å². The molecule has 0 bridgehead atoms. The van der Waals surface area contributed by atoms with Gasteiger partial charge in [-0.25, -0.2) is 19.3 Å². The first-order valence-corrected chi connectivity index (χ1v) is 11.6. The Bertz CT molecular complexity index is 1360. The molecule has 2 aliphatic heterocycles. The fourth-order valence-corrected chi connectivity index (χ4v) is 5.16. The van der Waals surface area contributed by atoms with Gasteiger partial charge in [0.25, 0.3) is 5.91 Å². The smallest absolute Gasteiger partial charge is 0.253 e. The van der Waals surface area contributed by atoms with Crippen molar-refractivity contribution in [2.24, 2.45) is 0 Å². The second kappa shape index (κ2) is 8.05. The third kappa shape index (κ3) is 3.40. The standard InChI is InChI=1S/C23H21ClFN7O2/c24-20-12(10-32-7-1-2-15(32)33)9-28-23(30-20)31-21-18(25)16-11(8-27-21)3-4-13-17-14(29-19(13)16)5-6-26-22(17)34/h8-9,29H,1-7,10H2,(H,26,34)(H,27,28,30,31). The summed E-state index contributed by atoms with van der Waals surface area (Å²) in [5, 5.41) is 5.89. The zero-order chi connectivity index (χ0) is 23.4. The second-order valence-electron chi connectivity index (χ2n) is 8.71. The van der Waals surface area contributed by atoms with Crippen molar-refractivity contribution in [3.63, 3.8) is 0 Å². The molecule has 1 saturated heterocycles. The van der Waals surface area contributed by atoms with Gasteiger partial charge < -0.3 is 20.5 Å². The number of amides is 2. The molecule has 0 unspecified atom stereocenters. The van der Waals surface area contributed by atoms with Crippen LogP contribution in [0.3, 0.4) is 0 Å². The molecule has 3 aliphatic rings. The van der Waals surface area contributed by atoms with E-state index in [0.29, 0.717) is 67.7 Å². The predicted molar refractivity (Wildman–Crippen MR) is 122 cm³/mol. The number of aryl methyl sites for hydroxylation is 1. The number of pyridine rings is 1. The molecule has 1 aliphatic carbocycles. The molecule has 6 rings (SSSR count). The summed E-state index contributed by atoms with van der Waals surface area (Å²) < 4.78 is 15.7. The lowest BCUT2D eigenvalue weighted by Gasteiger charge is -2.20. The third-order valence-corrected chi connectivity index (χ3v) is 6.96. The lowest BCUT2D eigenvalue weighted by molar-refractivity contribution is -0.128. The molecule has 0 saturated carbocycles. The molecule has 2 amide bonds. The Kier molecular flexibility index (Phi) is 4.98. The number of fused-ring (bicyclic) bond motifs is 5. The van der Waals surface area contributed by atoms with E-state index in [1.807, 2.05) is 0 Å². The van der Waals surface area contributed by atoms with Gasteiger partial charge in [0.1, 0.15) is 5.15 Å². The van der Waals surface area contributed by atoms with E-state index in [4.69, 9.17) is 11.6 Å². The van der Waals surface area contributed by atoms with E-state index >= 15 is 4.39 Å². The molecule has 11 heteroatoms. The molecule has 34 heavy (non-hydrogen) atoms. The Labute approximate surface area is 199 Å². The number of halogens is 2. The van der Waals surface area contributed by atoms with E-state index in [9.17, 15) is 9.59 Å². The number of carbonyl (C=O) groups is 2. The van der Waals surface area contributed by atoms with Crippen LogP contribution in [0, 0.1) is 5.82 Å². The Balaban J connectivity index is 1.31. The Morgan fingerprint density at radius 1 is 1.12 bits per heavy atom. The average Bonchev–Trinajstić information content (AvgIpc) is 3.41. The minimum atomic E-state index is -0.538. The molecular formula is C23H21ClFN7O2. The second-order valence-corrected chi connectivity index (χ2v) is 9.07. The first-order chi connectivity index (χ1) is 16.5. The number of likely N-dealkylation sites (tertiary alicyclic amines) is 1. The van der Waals surface area contributed by atoms with Crippen molar-refractivity contribution >= 4 is 35.2 Å². The highest BCUT2D eigenvalue weighted by Gasteiger charge is 2.32. The molecule has 3 N–H and O–H groups in total. The van der Waals surface area contributed by atoms with Crippen LogP contribution in [-0.2, 0) is 30.6 Å². The highest BCUT2D eigenvalue weighted by atomic mass is 35.5. The Morgan fingerprint density at radius 2 is 2.00 bits per heavy atom. The molecule has 0 aromatic carbocycles. The minimum absolute atomic E-state index is 0.0258. The summed E-state index contributed by atoms with van der Waals surface area (Å²) >= 11 is 6.33. The van der Waals surface area contributed by atoms with Crippen molar-refractivity contribution < 1.29 is 14.0 Å². The molecular weight excluding hydrogens is 461 g/mol. The van der Waals surface area contributed by atoms with Gasteiger partial charge >= 0.3 is 0 Å². The zero-order valence-electron chi connectivity index (χ0n) is 18.2. The quantitative estimate of drug-likeness (QED) is 0.493. The van der Waals surface area contributed by atoms with Gasteiger partial charge in [0, 0.05) is 55.1 Å². The lowest BCUT2D eigenvalue weighted by Crippen LogP contribution is -2.32. The van der Waals surface area contributed by atoms with Gasteiger partial charge in [0.05, 0.1) is 17.8 Å². The van der Waals surface area contributed by atoms with E-state index < -0.39 is 5.82 Å². The molecule has 5 heterocycles. The summed E-state index contributed by atoms with van der Waals surface area (Å²) in [7, 11) is 0. The van der Waals surface area contributed by atoms with E-state index in [0.717, 1.165) is 23.2 Å². The maximum atomic E-state index is 15.7. The molecule has 174 valence electrons. The number of hydrogen-bond donors (Lipinski definition) is 3. The van der Waals surface area contributed by atoms with Gasteiger partial charge in [-0.3, -0.25) is 9.59 Å². The van der Waals surface area contributed by atoms with E-state index in [-0.39, 0.29) is 28.7 Å². The molecule has 3 aromatic rings. The monoisotopic (exact) mass is 481 g/mol. The van der Waals surface area contributed by atoms with Crippen LogP contribution in [-0.4, -0.2) is 49.7 Å². The van der Waals surface area contributed by atoms with Gasteiger partial charge in [-0.15, -0.1) is 0 Å². The number of aromatic nitrogens is 4. The number of nitrogens with one attached hydrogen (secondary N) is 3. The first-order valence-electron chi connectivity index (χ1n) is 11.3. The zero-order valence-corrected chi connectivity index (χ0v) is 18.9. The summed E-state index contributed by atoms with van der Waals surface area (Å²) in [4.78, 5) is 42.0. The number of rotatable bonds is 4. The van der Waals surface area contributed by atoms with Gasteiger partial charge in [0.15, 0.2) is 11.6 Å². The van der Waals surface area contributed by atoms with E-state index in [1.54, 1.807) is 11.1 Å². The highest BCUT2D eigenvalue weighted by Crippen LogP contribution is 2.40. The summed E-state index contributed by atoms with van der Waals surface area (Å²) in [5.41, 5.74) is 4.78. The van der Waals surface area contributed by atoms with Gasteiger partial charge in [0.2, 0.25) is 11.9 Å². The van der Waals surface area contributed by atoms with E-state index in [1.165, 1.54) is 6.20 Å². The van der Waals surface area contributed by atoms with Crippen LogP contribution in [0.1, 0.15) is 45.6 Å². The van der Waals surface area contributed by atoms with Crippen molar-refractivity contribution in [3.05, 3.63) is 51.3 Å². The molecule has 1 fully saturated rings. The normalized spacial score (nSPS) is 16.7. The maximum Gasteiger partial charge on any atom is 0.253 e. The van der Waals surface area contributed by atoms with Gasteiger partial charge in [-0.1, -0.05) is 11.6 Å². The SMILES string of the molecule is O=C1NCCc2[nH]c3c(c21)CCc1cnc(Nc2ncc(CN4CCCC4=O)c(Cl)n2)c(F)c1-3. The summed E-state index contributed by atoms with van der Waals surface area (Å²) in [6.07, 6.45) is 6.47. The van der Waals surface area contributed by atoms with Gasteiger partial charge in [-0.2, -0.15) is 0 Å². The summed E-state index contributed by atoms with van der Waals surface area (Å²) in [6, 6.07) is 0. The minimum Gasteiger partial charge on any atom is -0.357 e. The van der Waals surface area contributed by atoms with Crippen LogP contribution >= 0.6 is 11.6 Å². The molecule has 0 atom stereocenters. The van der Waals surface area contributed by atoms with Crippen molar-refractivity contribution in [2.75, 3.05) is 18.4 Å². The van der Waals surface area contributed by atoms with E-state index in [2.05, 4.69) is 30.6 Å². The average molecular weight is 482 g/mol. The Morgan fingerprint density at radius 3 is 2.79 bits per heavy atom. The van der Waals surface area contributed by atoms with Crippen molar-refractivity contribution in [2.45, 2.75) is 38.6 Å². The molecule has 0 radical (unpaired) electrons. The first kappa shape index (κ1) is 21.0. The van der Waals surface area contributed by atoms with Gasteiger partial charge in [-0.05, 0) is 30.4 Å². The van der Waals surface area contributed by atoms with Crippen LogP contribution < -0.4 is 10.6 Å². The number of carbonyl (C=O) groups excluding carboxylic acids is 2. The topological polar surface area (TPSA) is 116 Å². The predicted octanol–water partition coefficient (Wildman–Crippen LogP) is 2.91. The van der Waals surface area contributed by atoms with Crippen molar-refractivity contribution in [3.8, 4) is 11.3 Å². The maximum absolute atomic E-state index is 15.7. The fourth-order valence-electron chi connectivity index (χ4n) is 4.98. The molecule has 0 spiro atoms. The van der Waals surface area contributed by atoms with Crippen molar-refractivity contribution in [1.82, 2.24) is 30.2 Å². The number of H-pyrrole nitrogens is 1. The van der Waals surface area contributed by atoms with Crippen molar-refractivity contribution in [1.29, 1.82) is 0 Å². The number of anilines is 2. The highest BCUT2D eigenvalue weighted by molar-refractivity contribution is 6.30. The lowest BCUT2D eigenvalue weighted by atomic mass is 9.88. The Hall–Kier alpha value is -3.53. The van der Waals surface area contributed by atoms with Crippen LogP contribution in [0.2, 0.25) is 5.15 Å². The molecule has 9 nitrogen and oxygen atoms in total. The molecule has 3 aromatic heterocycles. The largest absolute Gasteiger partial charge is 0.357 e. The number of nitrogens with zero attached hydrogens (tertiary/aromatic N) is 4. The summed E-state index contributed by atoms with van der Waals surface area (Å²) in [6.45, 7) is 1.59. The van der Waals surface area contributed by atoms with Crippen LogP contribution in [0.4, 0.5) is 16.2 Å². The summed E-state index contributed by atoms with van der Waals surface area (Å²) in [5.74, 6) is -0.490. The van der Waals surface area contributed by atoms with Crippen LogP contribution in [0.5, 0.6) is 0 Å². The van der Waals surface area contributed by atoms with Crippen LogP contribution in [0.25, 0.3) is 11.3 Å². The third-order valence-electron chi connectivity index (χ3n) is 6.64.